The predicted octanol–water partition coefficient (Wildman–Crippen LogP) is 3.17. The van der Waals surface area contributed by atoms with Crippen LogP contribution in [0.25, 0.3) is 0 Å². The first kappa shape index (κ1) is 26.7. The topological polar surface area (TPSA) is 96.0 Å². The highest BCUT2D eigenvalue weighted by atomic mass is 79.9. The number of hydrogen-bond acceptors (Lipinski definition) is 5. The van der Waals surface area contributed by atoms with Crippen molar-refractivity contribution in [3.05, 3.63) is 58.6 Å². The van der Waals surface area contributed by atoms with Crippen LogP contribution in [0.1, 0.15) is 25.8 Å². The van der Waals surface area contributed by atoms with Gasteiger partial charge in [-0.2, -0.15) is 0 Å². The first-order valence-corrected chi connectivity index (χ1v) is 13.1. The SMILES string of the molecule is CCCNC(=O)C(C)N(Cc1cccc(OC)c1)C(=O)CN(c1ccc(Br)cc1)S(C)(=O)=O. The number of hydrogen-bond donors (Lipinski definition) is 1. The number of methoxy groups -OCH3 is 1. The van der Waals surface area contributed by atoms with Crippen molar-refractivity contribution >= 4 is 43.5 Å². The molecule has 0 aliphatic rings. The molecule has 0 spiro atoms. The molecule has 2 aromatic carbocycles. The zero-order chi connectivity index (χ0) is 24.6. The number of anilines is 1. The van der Waals surface area contributed by atoms with Crippen molar-refractivity contribution in [1.29, 1.82) is 0 Å². The van der Waals surface area contributed by atoms with Gasteiger partial charge >= 0.3 is 0 Å². The van der Waals surface area contributed by atoms with Crippen LogP contribution in [0.15, 0.2) is 53.0 Å². The molecule has 0 saturated carbocycles. The van der Waals surface area contributed by atoms with E-state index in [0.29, 0.717) is 18.0 Å². The molecule has 0 bridgehead atoms. The summed E-state index contributed by atoms with van der Waals surface area (Å²) in [5, 5.41) is 2.80. The van der Waals surface area contributed by atoms with Gasteiger partial charge in [-0.3, -0.25) is 13.9 Å². The number of ether oxygens (including phenoxy) is 1. The van der Waals surface area contributed by atoms with E-state index in [9.17, 15) is 18.0 Å². The van der Waals surface area contributed by atoms with E-state index >= 15 is 0 Å². The Morgan fingerprint density at radius 1 is 1.15 bits per heavy atom. The molecule has 0 saturated heterocycles. The van der Waals surface area contributed by atoms with Crippen LogP contribution >= 0.6 is 15.9 Å². The Kier molecular flexibility index (Phi) is 9.72. The van der Waals surface area contributed by atoms with Gasteiger partial charge in [-0.1, -0.05) is 35.0 Å². The van der Waals surface area contributed by atoms with Crippen LogP contribution in [0, 0.1) is 0 Å². The second-order valence-electron chi connectivity index (χ2n) is 7.59. The van der Waals surface area contributed by atoms with E-state index in [4.69, 9.17) is 4.74 Å². The van der Waals surface area contributed by atoms with Crippen molar-refractivity contribution in [3.63, 3.8) is 0 Å². The van der Waals surface area contributed by atoms with Gasteiger partial charge in [-0.25, -0.2) is 8.42 Å². The quantitative estimate of drug-likeness (QED) is 0.473. The fraction of sp³-hybridized carbons (Fsp3) is 0.391. The van der Waals surface area contributed by atoms with Crippen LogP contribution in [-0.2, 0) is 26.2 Å². The van der Waals surface area contributed by atoms with Gasteiger partial charge in [0.2, 0.25) is 21.8 Å². The Balaban J connectivity index is 2.37. The standard InChI is InChI=1S/C23H30BrN3O5S/c1-5-13-25-23(29)17(2)26(15-18-7-6-8-21(14-18)32-3)22(28)16-27(33(4,30)31)20-11-9-19(24)10-12-20/h6-12,14,17H,5,13,15-16H2,1-4H3,(H,25,29). The van der Waals surface area contributed by atoms with Crippen molar-refractivity contribution in [2.24, 2.45) is 0 Å². The molecule has 33 heavy (non-hydrogen) atoms. The van der Waals surface area contributed by atoms with Gasteiger partial charge in [0.25, 0.3) is 0 Å². The van der Waals surface area contributed by atoms with Crippen molar-refractivity contribution < 1.29 is 22.7 Å². The number of carbonyl (C=O) groups excluding carboxylic acids is 2. The van der Waals surface area contributed by atoms with Crippen LogP contribution in [0.4, 0.5) is 5.69 Å². The molecule has 0 aliphatic carbocycles. The van der Waals surface area contributed by atoms with E-state index in [0.717, 1.165) is 27.0 Å². The van der Waals surface area contributed by atoms with Gasteiger partial charge in [0.1, 0.15) is 18.3 Å². The second-order valence-corrected chi connectivity index (χ2v) is 10.4. The molecular weight excluding hydrogens is 510 g/mol. The number of rotatable bonds is 11. The number of carbonyl (C=O) groups is 2. The van der Waals surface area contributed by atoms with Crippen molar-refractivity contribution in [2.45, 2.75) is 32.9 Å². The van der Waals surface area contributed by atoms with Gasteiger partial charge in [0.05, 0.1) is 19.1 Å². The lowest BCUT2D eigenvalue weighted by molar-refractivity contribution is -0.139. The van der Waals surface area contributed by atoms with E-state index in [1.807, 2.05) is 13.0 Å². The normalized spacial score (nSPS) is 12.0. The Morgan fingerprint density at radius 3 is 2.39 bits per heavy atom. The molecule has 0 heterocycles. The monoisotopic (exact) mass is 539 g/mol. The zero-order valence-corrected chi connectivity index (χ0v) is 21.6. The molecule has 1 N–H and O–H groups in total. The fourth-order valence-corrected chi connectivity index (χ4v) is 4.28. The third kappa shape index (κ3) is 7.75. The van der Waals surface area contributed by atoms with Crippen LogP contribution in [0.5, 0.6) is 5.75 Å². The van der Waals surface area contributed by atoms with E-state index < -0.39 is 28.5 Å². The summed E-state index contributed by atoms with van der Waals surface area (Å²) in [4.78, 5) is 27.5. The fourth-order valence-electron chi connectivity index (χ4n) is 3.17. The molecule has 2 aromatic rings. The molecule has 0 aliphatic heterocycles. The molecule has 180 valence electrons. The Bertz CT molecular complexity index is 1060. The largest absolute Gasteiger partial charge is 0.497 e. The summed E-state index contributed by atoms with van der Waals surface area (Å²) in [6.45, 7) is 3.74. The average molecular weight is 540 g/mol. The average Bonchev–Trinajstić information content (AvgIpc) is 2.79. The summed E-state index contributed by atoms with van der Waals surface area (Å²) in [6.07, 6.45) is 1.81. The number of nitrogens with zero attached hydrogens (tertiary/aromatic N) is 2. The van der Waals surface area contributed by atoms with E-state index in [1.165, 1.54) is 4.90 Å². The van der Waals surface area contributed by atoms with Gasteiger partial charge in [0, 0.05) is 17.6 Å². The zero-order valence-electron chi connectivity index (χ0n) is 19.2. The molecule has 8 nitrogen and oxygen atoms in total. The Hall–Kier alpha value is -2.59. The third-order valence-electron chi connectivity index (χ3n) is 5.00. The molecule has 1 atom stereocenters. The number of sulfonamides is 1. The lowest BCUT2D eigenvalue weighted by atomic mass is 10.1. The lowest BCUT2D eigenvalue weighted by Gasteiger charge is -2.31. The molecule has 0 radical (unpaired) electrons. The number of halogens is 1. The molecule has 2 amide bonds. The minimum atomic E-state index is -3.75. The minimum Gasteiger partial charge on any atom is -0.497 e. The van der Waals surface area contributed by atoms with Crippen LogP contribution in [-0.4, -0.2) is 57.6 Å². The maximum absolute atomic E-state index is 13.4. The third-order valence-corrected chi connectivity index (χ3v) is 6.67. The van der Waals surface area contributed by atoms with E-state index in [2.05, 4.69) is 21.2 Å². The predicted molar refractivity (Wildman–Crippen MR) is 133 cm³/mol. The van der Waals surface area contributed by atoms with Crippen LogP contribution in [0.3, 0.4) is 0 Å². The summed E-state index contributed by atoms with van der Waals surface area (Å²) in [5.74, 6) is -0.177. The van der Waals surface area contributed by atoms with Gasteiger partial charge in [-0.05, 0) is 55.3 Å². The number of nitrogens with one attached hydrogen (secondary N) is 1. The smallest absolute Gasteiger partial charge is 0.244 e. The van der Waals surface area contributed by atoms with Crippen LogP contribution in [0.2, 0.25) is 0 Å². The van der Waals surface area contributed by atoms with Gasteiger partial charge in [-0.15, -0.1) is 0 Å². The minimum absolute atomic E-state index is 0.120. The lowest BCUT2D eigenvalue weighted by Crippen LogP contribution is -2.51. The maximum Gasteiger partial charge on any atom is 0.244 e. The number of amides is 2. The summed E-state index contributed by atoms with van der Waals surface area (Å²) < 4.78 is 32.1. The first-order valence-electron chi connectivity index (χ1n) is 10.5. The molecule has 1 unspecified atom stereocenters. The molecule has 0 aromatic heterocycles. The highest BCUT2D eigenvalue weighted by molar-refractivity contribution is 9.10. The van der Waals surface area contributed by atoms with Gasteiger partial charge in [0.15, 0.2) is 0 Å². The summed E-state index contributed by atoms with van der Waals surface area (Å²) in [6, 6.07) is 13.0. The Morgan fingerprint density at radius 2 is 1.82 bits per heavy atom. The summed E-state index contributed by atoms with van der Waals surface area (Å²) >= 11 is 3.33. The molecule has 2 rings (SSSR count). The van der Waals surface area contributed by atoms with Crippen molar-refractivity contribution in [2.75, 3.05) is 30.8 Å². The first-order chi connectivity index (χ1) is 15.6. The molecular formula is C23H30BrN3O5S. The van der Waals surface area contributed by atoms with E-state index in [-0.39, 0.29) is 12.5 Å². The molecule has 0 fully saturated rings. The highest BCUT2D eigenvalue weighted by Crippen LogP contribution is 2.22. The Labute approximate surface area is 204 Å². The maximum atomic E-state index is 13.4. The molecule has 10 heteroatoms. The summed E-state index contributed by atoms with van der Waals surface area (Å²) in [7, 11) is -2.21. The second kappa shape index (κ2) is 12.0. The van der Waals surface area contributed by atoms with E-state index in [1.54, 1.807) is 56.5 Å². The highest BCUT2D eigenvalue weighted by Gasteiger charge is 2.30. The van der Waals surface area contributed by atoms with Crippen LogP contribution < -0.4 is 14.4 Å². The number of benzene rings is 2. The summed E-state index contributed by atoms with van der Waals surface area (Å²) in [5.41, 5.74) is 1.12. The van der Waals surface area contributed by atoms with Crippen molar-refractivity contribution in [1.82, 2.24) is 10.2 Å². The van der Waals surface area contributed by atoms with Crippen molar-refractivity contribution in [3.8, 4) is 5.75 Å². The van der Waals surface area contributed by atoms with Gasteiger partial charge < -0.3 is 15.0 Å².